The van der Waals surface area contributed by atoms with Crippen LogP contribution in [-0.2, 0) is 28.8 Å². The van der Waals surface area contributed by atoms with Crippen LogP contribution in [0, 0.1) is 0 Å². The van der Waals surface area contributed by atoms with Gasteiger partial charge in [-0.1, -0.05) is 0 Å². The molecule has 158 valence electrons. The van der Waals surface area contributed by atoms with Crippen molar-refractivity contribution in [3.05, 3.63) is 0 Å². The molecule has 0 aliphatic heterocycles. The Morgan fingerprint density at radius 1 is 0.821 bits per heavy atom. The summed E-state index contributed by atoms with van der Waals surface area (Å²) < 4.78 is 0. The minimum atomic E-state index is -1.04. The number of primary amides is 1. The SMILES string of the molecule is CC(=O)NCC(=O)N[C@@H](C)C(=O)N[C@@H](C)C(=O)N[C@@H](CS)C(=O)NCC(N)=O. The van der Waals surface area contributed by atoms with Gasteiger partial charge in [-0.25, -0.2) is 0 Å². The van der Waals surface area contributed by atoms with Crippen LogP contribution in [0.25, 0.3) is 0 Å². The van der Waals surface area contributed by atoms with Crippen LogP contribution < -0.4 is 32.3 Å². The molecular weight excluding hydrogens is 392 g/mol. The third-order valence-electron chi connectivity index (χ3n) is 3.27. The first kappa shape index (κ1) is 25.2. The molecule has 0 aromatic rings. The Kier molecular flexibility index (Phi) is 11.3. The molecule has 3 atom stereocenters. The molecule has 0 fully saturated rings. The first-order valence-corrected chi connectivity index (χ1v) is 8.92. The highest BCUT2D eigenvalue weighted by atomic mass is 32.1. The Labute approximate surface area is 167 Å². The monoisotopic (exact) mass is 418 g/mol. The molecule has 0 unspecified atom stereocenters. The van der Waals surface area contributed by atoms with Crippen LogP contribution >= 0.6 is 12.6 Å². The molecule has 0 aromatic heterocycles. The number of amides is 6. The number of hydrogen-bond acceptors (Lipinski definition) is 7. The van der Waals surface area contributed by atoms with E-state index in [1.165, 1.54) is 20.8 Å². The van der Waals surface area contributed by atoms with Crippen molar-refractivity contribution in [3.63, 3.8) is 0 Å². The molecule has 0 rings (SSSR count). The molecule has 28 heavy (non-hydrogen) atoms. The summed E-state index contributed by atoms with van der Waals surface area (Å²) in [5.74, 6) is -3.72. The Morgan fingerprint density at radius 3 is 1.86 bits per heavy atom. The van der Waals surface area contributed by atoms with Gasteiger partial charge in [0.2, 0.25) is 35.4 Å². The van der Waals surface area contributed by atoms with Crippen molar-refractivity contribution in [1.29, 1.82) is 0 Å². The van der Waals surface area contributed by atoms with Gasteiger partial charge in [-0.05, 0) is 13.8 Å². The zero-order valence-electron chi connectivity index (χ0n) is 15.8. The van der Waals surface area contributed by atoms with Crippen LogP contribution in [-0.4, -0.2) is 72.4 Å². The van der Waals surface area contributed by atoms with Crippen molar-refractivity contribution < 1.29 is 28.8 Å². The molecule has 0 spiro atoms. The second kappa shape index (κ2) is 12.5. The molecular formula is C15H26N6O6S. The maximum atomic E-state index is 12.1. The van der Waals surface area contributed by atoms with Crippen molar-refractivity contribution in [2.24, 2.45) is 5.73 Å². The van der Waals surface area contributed by atoms with Gasteiger partial charge in [-0.2, -0.15) is 12.6 Å². The molecule has 0 saturated carbocycles. The second-order valence-electron chi connectivity index (χ2n) is 5.86. The molecule has 0 aromatic carbocycles. The molecule has 0 heterocycles. The first-order chi connectivity index (χ1) is 13.0. The molecule has 12 nitrogen and oxygen atoms in total. The normalized spacial score (nSPS) is 13.3. The van der Waals surface area contributed by atoms with Gasteiger partial charge in [-0.3, -0.25) is 28.8 Å². The standard InChI is InChI=1S/C15H26N6O6S/c1-7(19-12(24)5-17-9(3)22)13(25)20-8(2)14(26)21-10(6-28)15(27)18-4-11(16)23/h7-8,10,28H,4-6H2,1-3H3,(H2,16,23)(H,17,22)(H,18,27)(H,19,24)(H,20,25)(H,21,26)/t7-,8-,10-/m0/s1. The van der Waals surface area contributed by atoms with Crippen LogP contribution in [0.5, 0.6) is 0 Å². The van der Waals surface area contributed by atoms with E-state index in [2.05, 4.69) is 39.2 Å². The number of rotatable bonds is 11. The maximum absolute atomic E-state index is 12.1. The van der Waals surface area contributed by atoms with Crippen LogP contribution in [0.1, 0.15) is 20.8 Å². The molecule has 6 amide bonds. The van der Waals surface area contributed by atoms with Crippen LogP contribution in [0.4, 0.5) is 0 Å². The second-order valence-corrected chi connectivity index (χ2v) is 6.22. The summed E-state index contributed by atoms with van der Waals surface area (Å²) in [6, 6.07) is -3.02. The van der Waals surface area contributed by atoms with Gasteiger partial charge in [0.15, 0.2) is 0 Å². The third kappa shape index (κ3) is 10.4. The van der Waals surface area contributed by atoms with Crippen molar-refractivity contribution >= 4 is 48.1 Å². The van der Waals surface area contributed by atoms with E-state index in [4.69, 9.17) is 5.73 Å². The van der Waals surface area contributed by atoms with E-state index in [0.717, 1.165) is 0 Å². The largest absolute Gasteiger partial charge is 0.368 e. The molecule has 0 radical (unpaired) electrons. The molecule has 0 saturated heterocycles. The Morgan fingerprint density at radius 2 is 1.36 bits per heavy atom. The summed E-state index contributed by atoms with van der Waals surface area (Å²) in [6.45, 7) is 3.36. The number of carbonyl (C=O) groups excluding carboxylic acids is 6. The quantitative estimate of drug-likeness (QED) is 0.168. The topological polar surface area (TPSA) is 189 Å². The van der Waals surface area contributed by atoms with E-state index in [9.17, 15) is 28.8 Å². The average Bonchev–Trinajstić information content (AvgIpc) is 2.61. The zero-order valence-corrected chi connectivity index (χ0v) is 16.7. The van der Waals surface area contributed by atoms with Gasteiger partial charge in [0.1, 0.15) is 18.1 Å². The Bertz CT molecular complexity index is 628. The fourth-order valence-corrected chi connectivity index (χ4v) is 2.01. The fraction of sp³-hybridized carbons (Fsp3) is 0.600. The highest BCUT2D eigenvalue weighted by molar-refractivity contribution is 7.80. The van der Waals surface area contributed by atoms with Crippen molar-refractivity contribution in [3.8, 4) is 0 Å². The average molecular weight is 418 g/mol. The van der Waals surface area contributed by atoms with E-state index in [1.807, 2.05) is 0 Å². The van der Waals surface area contributed by atoms with E-state index < -0.39 is 53.6 Å². The Hall–Kier alpha value is -2.83. The lowest BCUT2D eigenvalue weighted by Crippen LogP contribution is -2.56. The first-order valence-electron chi connectivity index (χ1n) is 8.29. The summed E-state index contributed by atoms with van der Waals surface area (Å²) >= 11 is 3.96. The third-order valence-corrected chi connectivity index (χ3v) is 3.64. The van der Waals surface area contributed by atoms with Crippen LogP contribution in [0.15, 0.2) is 0 Å². The van der Waals surface area contributed by atoms with Gasteiger partial charge < -0.3 is 32.3 Å². The van der Waals surface area contributed by atoms with Gasteiger partial charge >= 0.3 is 0 Å². The minimum Gasteiger partial charge on any atom is -0.368 e. The molecule has 0 bridgehead atoms. The van der Waals surface area contributed by atoms with Crippen molar-refractivity contribution in [1.82, 2.24) is 26.6 Å². The summed E-state index contributed by atoms with van der Waals surface area (Å²) in [5, 5.41) is 11.6. The zero-order chi connectivity index (χ0) is 21.9. The minimum absolute atomic E-state index is 0.0490. The highest BCUT2D eigenvalue weighted by Crippen LogP contribution is 1.93. The molecule has 0 aliphatic rings. The number of thiol groups is 1. The highest BCUT2D eigenvalue weighted by Gasteiger charge is 2.25. The Balaban J connectivity index is 4.55. The lowest BCUT2D eigenvalue weighted by atomic mass is 10.2. The van der Waals surface area contributed by atoms with Gasteiger partial charge in [0.05, 0.1) is 13.1 Å². The van der Waals surface area contributed by atoms with Gasteiger partial charge in [-0.15, -0.1) is 0 Å². The summed E-state index contributed by atoms with van der Waals surface area (Å²) in [5.41, 5.74) is 4.92. The predicted octanol–water partition coefficient (Wildman–Crippen LogP) is -3.85. The summed E-state index contributed by atoms with van der Waals surface area (Å²) in [6.07, 6.45) is 0. The lowest BCUT2D eigenvalue weighted by molar-refractivity contribution is -0.133. The lowest BCUT2D eigenvalue weighted by Gasteiger charge is -2.21. The number of carbonyl (C=O) groups is 6. The van der Waals surface area contributed by atoms with Crippen molar-refractivity contribution in [2.45, 2.75) is 38.9 Å². The van der Waals surface area contributed by atoms with Crippen molar-refractivity contribution in [2.75, 3.05) is 18.8 Å². The van der Waals surface area contributed by atoms with E-state index >= 15 is 0 Å². The molecule has 0 aliphatic carbocycles. The van der Waals surface area contributed by atoms with Gasteiger partial charge in [0, 0.05) is 12.7 Å². The fourth-order valence-electron chi connectivity index (χ4n) is 1.76. The smallest absolute Gasteiger partial charge is 0.243 e. The predicted molar refractivity (Wildman–Crippen MR) is 102 cm³/mol. The van der Waals surface area contributed by atoms with E-state index in [0.29, 0.717) is 0 Å². The van der Waals surface area contributed by atoms with Crippen LogP contribution in [0.3, 0.4) is 0 Å². The number of hydrogen-bond donors (Lipinski definition) is 7. The van der Waals surface area contributed by atoms with E-state index in [1.54, 1.807) is 0 Å². The maximum Gasteiger partial charge on any atom is 0.243 e. The van der Waals surface area contributed by atoms with Gasteiger partial charge in [0.25, 0.3) is 0 Å². The summed E-state index contributed by atoms with van der Waals surface area (Å²) in [4.78, 5) is 69.1. The number of nitrogens with one attached hydrogen (secondary N) is 5. The number of nitrogens with two attached hydrogens (primary N) is 1. The molecule has 7 N–H and O–H groups in total. The summed E-state index contributed by atoms with van der Waals surface area (Å²) in [7, 11) is 0. The molecule has 13 heteroatoms. The van der Waals surface area contributed by atoms with Crippen LogP contribution in [0.2, 0.25) is 0 Å². The van der Waals surface area contributed by atoms with E-state index in [-0.39, 0.29) is 18.8 Å².